The third kappa shape index (κ3) is 2.41. The molecule has 152 valence electrons. The van der Waals surface area contributed by atoms with Crippen LogP contribution < -0.4 is 0 Å². The molecule has 3 heterocycles. The largest absolute Gasteiger partial charge is 0.379 e. The molecular formula is C20H33N3O4. The number of carbonyl (C=O) groups is 2. The molecule has 0 radical (unpaired) electrons. The number of imide groups is 1. The number of hydrogen-bond acceptors (Lipinski definition) is 6. The van der Waals surface area contributed by atoms with Gasteiger partial charge in [-0.05, 0) is 34.1 Å². The molecule has 2 atom stereocenters. The zero-order valence-corrected chi connectivity index (χ0v) is 17.3. The van der Waals surface area contributed by atoms with Crippen molar-refractivity contribution in [2.75, 3.05) is 32.9 Å². The van der Waals surface area contributed by atoms with Crippen LogP contribution in [0.5, 0.6) is 0 Å². The van der Waals surface area contributed by atoms with Gasteiger partial charge in [-0.2, -0.15) is 5.06 Å². The van der Waals surface area contributed by atoms with E-state index in [1.807, 2.05) is 0 Å². The van der Waals surface area contributed by atoms with Crippen molar-refractivity contribution in [3.63, 3.8) is 0 Å². The van der Waals surface area contributed by atoms with Crippen LogP contribution in [-0.4, -0.2) is 76.3 Å². The van der Waals surface area contributed by atoms with Crippen molar-refractivity contribution in [2.24, 2.45) is 11.8 Å². The smallest absolute Gasteiger partial charge is 0.231 e. The van der Waals surface area contributed by atoms with Gasteiger partial charge in [0.15, 0.2) is 0 Å². The van der Waals surface area contributed by atoms with Crippen LogP contribution in [0, 0.1) is 11.8 Å². The molecule has 0 aromatic heterocycles. The number of hydrogen-bond donors (Lipinski definition) is 0. The van der Waals surface area contributed by atoms with E-state index in [0.29, 0.717) is 32.7 Å². The lowest BCUT2D eigenvalue weighted by Crippen LogP contribution is -2.66. The Morgan fingerprint density at radius 1 is 1.00 bits per heavy atom. The normalized spacial score (nSPS) is 38.5. The van der Waals surface area contributed by atoms with Gasteiger partial charge in [0.1, 0.15) is 5.66 Å². The molecule has 4 rings (SSSR count). The molecule has 1 aliphatic carbocycles. The average molecular weight is 380 g/mol. The zero-order valence-electron chi connectivity index (χ0n) is 17.3. The first-order chi connectivity index (χ1) is 12.7. The fourth-order valence-corrected chi connectivity index (χ4v) is 6.44. The molecule has 3 aliphatic heterocycles. The van der Waals surface area contributed by atoms with Gasteiger partial charge in [0.2, 0.25) is 11.8 Å². The van der Waals surface area contributed by atoms with Gasteiger partial charge in [-0.15, -0.1) is 0 Å². The summed E-state index contributed by atoms with van der Waals surface area (Å²) in [5.41, 5.74) is -1.08. The maximum Gasteiger partial charge on any atom is 0.231 e. The molecule has 0 spiro atoms. The van der Waals surface area contributed by atoms with Crippen LogP contribution in [0.3, 0.4) is 0 Å². The van der Waals surface area contributed by atoms with Crippen LogP contribution in [0.25, 0.3) is 0 Å². The lowest BCUT2D eigenvalue weighted by molar-refractivity contribution is -0.267. The number of likely N-dealkylation sites (tertiary alicyclic amines) is 1. The monoisotopic (exact) mass is 379 g/mol. The summed E-state index contributed by atoms with van der Waals surface area (Å²) in [4.78, 5) is 35.8. The van der Waals surface area contributed by atoms with Crippen molar-refractivity contribution in [3.8, 4) is 0 Å². The van der Waals surface area contributed by atoms with Crippen LogP contribution >= 0.6 is 0 Å². The first-order valence-electron chi connectivity index (χ1n) is 10.3. The molecule has 2 unspecified atom stereocenters. The summed E-state index contributed by atoms with van der Waals surface area (Å²) < 4.78 is 5.57. The summed E-state index contributed by atoms with van der Waals surface area (Å²) in [6, 6.07) is 0. The average Bonchev–Trinajstić information content (AvgIpc) is 3.18. The number of amides is 2. The molecule has 7 heteroatoms. The molecule has 7 nitrogen and oxygen atoms in total. The van der Waals surface area contributed by atoms with Crippen LogP contribution in [0.4, 0.5) is 0 Å². The Morgan fingerprint density at radius 3 is 2.00 bits per heavy atom. The molecule has 4 fully saturated rings. The minimum absolute atomic E-state index is 0.0199. The van der Waals surface area contributed by atoms with Crippen molar-refractivity contribution in [1.29, 1.82) is 0 Å². The second-order valence-corrected chi connectivity index (χ2v) is 9.40. The topological polar surface area (TPSA) is 62.3 Å². The van der Waals surface area contributed by atoms with Gasteiger partial charge in [0, 0.05) is 48.8 Å². The minimum atomic E-state index is -0.534. The van der Waals surface area contributed by atoms with Crippen LogP contribution in [0.2, 0.25) is 0 Å². The van der Waals surface area contributed by atoms with Crippen molar-refractivity contribution in [3.05, 3.63) is 0 Å². The maximum absolute atomic E-state index is 12.8. The van der Waals surface area contributed by atoms with E-state index in [-0.39, 0.29) is 34.7 Å². The van der Waals surface area contributed by atoms with Gasteiger partial charge < -0.3 is 4.74 Å². The van der Waals surface area contributed by atoms with E-state index < -0.39 is 5.66 Å². The number of hydroxylamine groups is 2. The Bertz CT molecular complexity index is 603. The summed E-state index contributed by atoms with van der Waals surface area (Å²) >= 11 is 0. The molecule has 3 saturated heterocycles. The van der Waals surface area contributed by atoms with E-state index in [1.54, 1.807) is 4.90 Å². The van der Waals surface area contributed by atoms with Gasteiger partial charge in [0.25, 0.3) is 0 Å². The zero-order chi connectivity index (χ0) is 19.6. The molecule has 1 saturated carbocycles. The van der Waals surface area contributed by atoms with E-state index in [1.165, 1.54) is 0 Å². The SMILES string of the molecule is CCCON1C(C)(C)C2C(C1(C)C)C2(N1CCOCC1)N1C(=O)CCC1=O. The van der Waals surface area contributed by atoms with Crippen LogP contribution in [0.1, 0.15) is 53.9 Å². The number of carbonyl (C=O) groups excluding carboxylic acids is 2. The molecular weight excluding hydrogens is 346 g/mol. The van der Waals surface area contributed by atoms with E-state index in [0.717, 1.165) is 19.5 Å². The van der Waals surface area contributed by atoms with Crippen LogP contribution in [0.15, 0.2) is 0 Å². The highest BCUT2D eigenvalue weighted by Gasteiger charge is 2.87. The Hall–Kier alpha value is -1.02. The van der Waals surface area contributed by atoms with Gasteiger partial charge in [-0.1, -0.05) is 6.92 Å². The fourth-order valence-electron chi connectivity index (χ4n) is 6.44. The maximum atomic E-state index is 12.8. The first kappa shape index (κ1) is 19.3. The predicted molar refractivity (Wildman–Crippen MR) is 99.4 cm³/mol. The quantitative estimate of drug-likeness (QED) is 0.677. The number of nitrogens with zero attached hydrogens (tertiary/aromatic N) is 3. The van der Waals surface area contributed by atoms with Gasteiger partial charge in [-0.25, -0.2) is 0 Å². The molecule has 4 aliphatic rings. The molecule has 0 aromatic carbocycles. The minimum Gasteiger partial charge on any atom is -0.379 e. The summed E-state index contributed by atoms with van der Waals surface area (Å²) in [6.45, 7) is 14.4. The van der Waals surface area contributed by atoms with Gasteiger partial charge in [-0.3, -0.25) is 24.2 Å². The number of fused-ring (bicyclic) bond motifs is 1. The van der Waals surface area contributed by atoms with Crippen molar-refractivity contribution < 1.29 is 19.2 Å². The highest BCUT2D eigenvalue weighted by Crippen LogP contribution is 2.73. The van der Waals surface area contributed by atoms with E-state index in [2.05, 4.69) is 44.6 Å². The highest BCUT2D eigenvalue weighted by atomic mass is 16.7. The van der Waals surface area contributed by atoms with Gasteiger partial charge in [0.05, 0.1) is 19.8 Å². The summed E-state index contributed by atoms with van der Waals surface area (Å²) in [5.74, 6) is 0.295. The predicted octanol–water partition coefficient (Wildman–Crippen LogP) is 1.62. The van der Waals surface area contributed by atoms with Crippen molar-refractivity contribution in [2.45, 2.75) is 70.6 Å². The van der Waals surface area contributed by atoms with Crippen LogP contribution in [-0.2, 0) is 19.2 Å². The highest BCUT2D eigenvalue weighted by molar-refractivity contribution is 6.03. The Morgan fingerprint density at radius 2 is 1.52 bits per heavy atom. The Labute approximate surface area is 161 Å². The molecule has 0 bridgehead atoms. The third-order valence-electron chi connectivity index (χ3n) is 7.06. The van der Waals surface area contributed by atoms with E-state index in [4.69, 9.17) is 9.57 Å². The second kappa shape index (κ2) is 6.24. The summed E-state index contributed by atoms with van der Waals surface area (Å²) in [6.07, 6.45) is 1.62. The Kier molecular flexibility index (Phi) is 4.46. The number of rotatable bonds is 5. The lowest BCUT2D eigenvalue weighted by Gasteiger charge is -2.51. The first-order valence-corrected chi connectivity index (χ1v) is 10.3. The number of ether oxygens (including phenoxy) is 1. The van der Waals surface area contributed by atoms with Crippen molar-refractivity contribution in [1.82, 2.24) is 14.9 Å². The summed E-state index contributed by atoms with van der Waals surface area (Å²) in [5, 5.41) is 2.14. The number of morpholine rings is 1. The van der Waals surface area contributed by atoms with Crippen molar-refractivity contribution >= 4 is 11.8 Å². The standard InChI is InChI=1S/C20H33N3O4/c1-6-11-27-23-18(2,3)16-17(19(23,4)5)20(16,21-9-12-26-13-10-21)22-14(24)7-8-15(22)25/h16-17H,6-13H2,1-5H3. The molecule has 0 aromatic rings. The third-order valence-corrected chi connectivity index (χ3v) is 7.06. The van der Waals surface area contributed by atoms with E-state index in [9.17, 15) is 9.59 Å². The van der Waals surface area contributed by atoms with E-state index >= 15 is 0 Å². The Balaban J connectivity index is 1.77. The summed E-state index contributed by atoms with van der Waals surface area (Å²) in [7, 11) is 0. The fraction of sp³-hybridized carbons (Fsp3) is 0.900. The number of piperidine rings is 1. The van der Waals surface area contributed by atoms with Gasteiger partial charge >= 0.3 is 0 Å². The lowest BCUT2D eigenvalue weighted by atomic mass is 9.93. The molecule has 2 amide bonds. The molecule has 0 N–H and O–H groups in total. The molecule has 27 heavy (non-hydrogen) atoms. The second-order valence-electron chi connectivity index (χ2n) is 9.40.